The molecule has 2 amide bonds. The average Bonchev–Trinajstić information content (AvgIpc) is 3.30. The van der Waals surface area contributed by atoms with E-state index in [2.05, 4.69) is 27.5 Å². The molecule has 0 bridgehead atoms. The number of hydrogen-bond donors (Lipinski definition) is 2. The third kappa shape index (κ3) is 6.74. The number of nitrogens with zero attached hydrogens (tertiary/aromatic N) is 5. The number of rotatable bonds is 10. The van der Waals surface area contributed by atoms with E-state index in [0.29, 0.717) is 23.8 Å². The summed E-state index contributed by atoms with van der Waals surface area (Å²) in [6, 6.07) is 10.8. The molecule has 0 saturated carbocycles. The first-order chi connectivity index (χ1) is 18.8. The highest BCUT2D eigenvalue weighted by Gasteiger charge is 2.20. The fourth-order valence-corrected chi connectivity index (χ4v) is 4.38. The molecule has 4 aromatic rings. The lowest BCUT2D eigenvalue weighted by Crippen LogP contribution is -2.26. The Balaban J connectivity index is 1.57. The number of aromatic nitrogens is 4. The van der Waals surface area contributed by atoms with Crippen molar-refractivity contribution in [2.45, 2.75) is 39.7 Å². The standard InChI is InChI=1S/C30H35N7O2/c1-6-8-22-14-15-32-25(19-22)34-30(39)24-12-10-23(11-13-24)27-28-20(2)31-16-18-37(28)29(35-27)21(3)33-26(38)9-7-17-36(4)5/h7,9-16,18-19,21H,6,8,17H2,1-5H3,(H,33,38)(H,32,34,39)/t21-/m0/s1. The molecular formula is C30H35N7O2. The van der Waals surface area contributed by atoms with Gasteiger partial charge in [0, 0.05) is 42.3 Å². The topological polar surface area (TPSA) is 105 Å². The van der Waals surface area contributed by atoms with E-state index in [1.807, 2.05) is 73.8 Å². The number of amides is 2. The van der Waals surface area contributed by atoms with Gasteiger partial charge in [-0.05, 0) is 64.2 Å². The number of anilines is 1. The van der Waals surface area contributed by atoms with E-state index in [4.69, 9.17) is 4.98 Å². The summed E-state index contributed by atoms with van der Waals surface area (Å²) in [5, 5.41) is 5.88. The second-order valence-electron chi connectivity index (χ2n) is 9.78. The Labute approximate surface area is 229 Å². The number of carbonyl (C=O) groups is 2. The number of carbonyl (C=O) groups excluding carboxylic acids is 2. The van der Waals surface area contributed by atoms with Gasteiger partial charge < -0.3 is 15.5 Å². The van der Waals surface area contributed by atoms with Gasteiger partial charge >= 0.3 is 0 Å². The fraction of sp³-hybridized carbons (Fsp3) is 0.300. The van der Waals surface area contributed by atoms with Crippen LogP contribution in [-0.4, -0.2) is 56.7 Å². The van der Waals surface area contributed by atoms with Crippen molar-refractivity contribution in [3.05, 3.63) is 89.8 Å². The molecule has 0 spiro atoms. The third-order valence-corrected chi connectivity index (χ3v) is 6.28. The minimum atomic E-state index is -0.342. The highest BCUT2D eigenvalue weighted by molar-refractivity contribution is 6.04. The molecule has 39 heavy (non-hydrogen) atoms. The van der Waals surface area contributed by atoms with Gasteiger partial charge in [0.2, 0.25) is 5.91 Å². The molecule has 2 N–H and O–H groups in total. The highest BCUT2D eigenvalue weighted by atomic mass is 16.2. The molecule has 1 aromatic carbocycles. The SMILES string of the molecule is CCCc1ccnc(NC(=O)c2ccc(-c3nc([C@H](C)NC(=O)C=CCN(C)C)n4ccnc(C)c34)cc2)c1. The minimum absolute atomic E-state index is 0.182. The summed E-state index contributed by atoms with van der Waals surface area (Å²) in [6.45, 7) is 6.63. The van der Waals surface area contributed by atoms with Gasteiger partial charge in [-0.1, -0.05) is 31.6 Å². The predicted octanol–water partition coefficient (Wildman–Crippen LogP) is 4.60. The molecule has 9 nitrogen and oxygen atoms in total. The molecule has 1 atom stereocenters. The summed E-state index contributed by atoms with van der Waals surface area (Å²) in [5.74, 6) is 0.821. The third-order valence-electron chi connectivity index (χ3n) is 6.28. The van der Waals surface area contributed by atoms with Gasteiger partial charge in [-0.25, -0.2) is 9.97 Å². The number of aryl methyl sites for hydroxylation is 2. The van der Waals surface area contributed by atoms with Crippen LogP contribution < -0.4 is 10.6 Å². The van der Waals surface area contributed by atoms with E-state index >= 15 is 0 Å². The van der Waals surface area contributed by atoms with Gasteiger partial charge in [-0.15, -0.1) is 0 Å². The monoisotopic (exact) mass is 525 g/mol. The molecule has 0 fully saturated rings. The predicted molar refractivity (Wildman–Crippen MR) is 154 cm³/mol. The number of imidazole rings is 1. The van der Waals surface area contributed by atoms with Gasteiger partial charge in [0.25, 0.3) is 5.91 Å². The van der Waals surface area contributed by atoms with Crippen molar-refractivity contribution in [3.63, 3.8) is 0 Å². The van der Waals surface area contributed by atoms with Crippen molar-refractivity contribution < 1.29 is 9.59 Å². The van der Waals surface area contributed by atoms with E-state index in [0.717, 1.165) is 40.9 Å². The molecule has 0 aliphatic heterocycles. The van der Waals surface area contributed by atoms with Crippen LogP contribution in [0.25, 0.3) is 16.8 Å². The normalized spacial score (nSPS) is 12.3. The maximum absolute atomic E-state index is 12.9. The second-order valence-corrected chi connectivity index (χ2v) is 9.78. The van der Waals surface area contributed by atoms with Crippen molar-refractivity contribution in [3.8, 4) is 11.3 Å². The van der Waals surface area contributed by atoms with Crippen molar-refractivity contribution in [1.29, 1.82) is 0 Å². The summed E-state index contributed by atoms with van der Waals surface area (Å²) >= 11 is 0. The zero-order valence-electron chi connectivity index (χ0n) is 23.1. The number of benzene rings is 1. The Kier molecular flexibility index (Phi) is 8.83. The Morgan fingerprint density at radius 3 is 2.59 bits per heavy atom. The van der Waals surface area contributed by atoms with Crippen LogP contribution in [0.1, 0.15) is 53.7 Å². The summed E-state index contributed by atoms with van der Waals surface area (Å²) in [4.78, 5) is 41.0. The van der Waals surface area contributed by atoms with E-state index in [9.17, 15) is 9.59 Å². The zero-order chi connectivity index (χ0) is 27.9. The van der Waals surface area contributed by atoms with Gasteiger partial charge in [0.15, 0.2) is 0 Å². The van der Waals surface area contributed by atoms with Crippen LogP contribution in [0.3, 0.4) is 0 Å². The smallest absolute Gasteiger partial charge is 0.256 e. The van der Waals surface area contributed by atoms with Crippen LogP contribution in [0.4, 0.5) is 5.82 Å². The van der Waals surface area contributed by atoms with Gasteiger partial charge in [0.05, 0.1) is 22.9 Å². The Morgan fingerprint density at radius 1 is 1.10 bits per heavy atom. The van der Waals surface area contributed by atoms with Crippen molar-refractivity contribution in [1.82, 2.24) is 29.6 Å². The molecule has 3 aromatic heterocycles. The maximum Gasteiger partial charge on any atom is 0.256 e. The number of likely N-dealkylation sites (N-methyl/N-ethyl adjacent to an activating group) is 1. The van der Waals surface area contributed by atoms with Crippen LogP contribution in [0, 0.1) is 6.92 Å². The van der Waals surface area contributed by atoms with E-state index in [1.54, 1.807) is 30.6 Å². The van der Waals surface area contributed by atoms with E-state index < -0.39 is 0 Å². The number of nitrogens with one attached hydrogen (secondary N) is 2. The van der Waals surface area contributed by atoms with Gasteiger partial charge in [-0.2, -0.15) is 0 Å². The summed E-state index contributed by atoms with van der Waals surface area (Å²) in [6.07, 6.45) is 10.6. The molecule has 0 radical (unpaired) electrons. The number of pyridine rings is 1. The van der Waals surface area contributed by atoms with Crippen LogP contribution in [-0.2, 0) is 11.2 Å². The molecule has 202 valence electrons. The lowest BCUT2D eigenvalue weighted by atomic mass is 10.1. The van der Waals surface area contributed by atoms with Crippen molar-refractivity contribution in [2.75, 3.05) is 26.0 Å². The first-order valence-corrected chi connectivity index (χ1v) is 13.1. The van der Waals surface area contributed by atoms with Gasteiger partial charge in [0.1, 0.15) is 11.6 Å². The largest absolute Gasteiger partial charge is 0.343 e. The second kappa shape index (κ2) is 12.4. The Hall–Kier alpha value is -4.37. The zero-order valence-corrected chi connectivity index (χ0v) is 23.1. The van der Waals surface area contributed by atoms with Crippen LogP contribution >= 0.6 is 0 Å². The highest BCUT2D eigenvalue weighted by Crippen LogP contribution is 2.29. The fourth-order valence-electron chi connectivity index (χ4n) is 4.38. The first-order valence-electron chi connectivity index (χ1n) is 13.1. The van der Waals surface area contributed by atoms with Crippen LogP contribution in [0.2, 0.25) is 0 Å². The molecule has 4 rings (SSSR count). The number of fused-ring (bicyclic) bond motifs is 1. The lowest BCUT2D eigenvalue weighted by molar-refractivity contribution is -0.117. The Bertz CT molecular complexity index is 1490. The molecule has 0 aliphatic carbocycles. The summed E-state index contributed by atoms with van der Waals surface area (Å²) in [7, 11) is 3.89. The first kappa shape index (κ1) is 27.7. The maximum atomic E-state index is 12.9. The molecule has 9 heteroatoms. The quantitative estimate of drug-likeness (QED) is 0.293. The molecule has 0 aliphatic rings. The van der Waals surface area contributed by atoms with Crippen LogP contribution in [0.15, 0.2) is 67.1 Å². The van der Waals surface area contributed by atoms with Crippen molar-refractivity contribution >= 4 is 23.1 Å². The molecular weight excluding hydrogens is 490 g/mol. The summed E-state index contributed by atoms with van der Waals surface area (Å²) in [5.41, 5.74) is 4.91. The summed E-state index contributed by atoms with van der Waals surface area (Å²) < 4.78 is 1.96. The molecule has 3 heterocycles. The van der Waals surface area contributed by atoms with E-state index in [-0.39, 0.29) is 17.9 Å². The van der Waals surface area contributed by atoms with Crippen LogP contribution in [0.5, 0.6) is 0 Å². The van der Waals surface area contributed by atoms with E-state index in [1.165, 1.54) is 0 Å². The average molecular weight is 526 g/mol. The van der Waals surface area contributed by atoms with Gasteiger partial charge in [-0.3, -0.25) is 19.0 Å². The Morgan fingerprint density at radius 2 is 1.87 bits per heavy atom. The lowest BCUT2D eigenvalue weighted by Gasteiger charge is -2.12. The molecule has 0 unspecified atom stereocenters. The minimum Gasteiger partial charge on any atom is -0.343 e. The van der Waals surface area contributed by atoms with Crippen molar-refractivity contribution in [2.24, 2.45) is 0 Å². The molecule has 0 saturated heterocycles. The number of hydrogen-bond acceptors (Lipinski definition) is 6.